The van der Waals surface area contributed by atoms with Crippen molar-refractivity contribution >= 4 is 0 Å². The Kier molecular flexibility index (Phi) is 6.25. The summed E-state index contributed by atoms with van der Waals surface area (Å²) in [4.78, 5) is 0. The Balaban J connectivity index is 2.63. The Hall–Kier alpha value is -0.970. The second-order valence-corrected chi connectivity index (χ2v) is 5.61. The maximum absolute atomic E-state index is 4.12. The number of nitrogens with one attached hydrogen (secondary N) is 1. The normalized spacial score (nSPS) is 12.0. The van der Waals surface area contributed by atoms with Crippen molar-refractivity contribution in [1.29, 1.82) is 0 Å². The minimum Gasteiger partial charge on any atom is -0.310 e. The lowest BCUT2D eigenvalue weighted by Crippen LogP contribution is -2.25. The van der Waals surface area contributed by atoms with E-state index in [9.17, 15) is 0 Å². The molecule has 5 heteroatoms. The molecule has 1 aromatic heterocycles. The lowest BCUT2D eigenvalue weighted by atomic mass is 9.85. The second-order valence-electron chi connectivity index (χ2n) is 5.61. The van der Waals surface area contributed by atoms with Gasteiger partial charge >= 0.3 is 0 Å². The molecule has 1 heterocycles. The van der Waals surface area contributed by atoms with E-state index in [0.29, 0.717) is 17.8 Å². The van der Waals surface area contributed by atoms with E-state index in [-0.39, 0.29) is 0 Å². The third-order valence-corrected chi connectivity index (χ3v) is 3.41. The van der Waals surface area contributed by atoms with Gasteiger partial charge in [0.25, 0.3) is 0 Å². The third kappa shape index (κ3) is 4.37. The highest BCUT2D eigenvalue weighted by atomic mass is 15.5. The summed E-state index contributed by atoms with van der Waals surface area (Å²) in [5.41, 5.74) is 0. The van der Waals surface area contributed by atoms with Gasteiger partial charge < -0.3 is 5.32 Å². The lowest BCUT2D eigenvalue weighted by molar-refractivity contribution is 0.237. The predicted molar refractivity (Wildman–Crippen MR) is 73.0 cm³/mol. The number of aromatic nitrogens is 4. The first-order chi connectivity index (χ1) is 8.56. The molecule has 0 unspecified atom stereocenters. The van der Waals surface area contributed by atoms with E-state index in [1.807, 2.05) is 4.68 Å². The molecule has 0 aliphatic rings. The van der Waals surface area contributed by atoms with Crippen molar-refractivity contribution in [3.63, 3.8) is 0 Å². The van der Waals surface area contributed by atoms with Crippen molar-refractivity contribution in [3.8, 4) is 0 Å². The van der Waals surface area contributed by atoms with Crippen LogP contribution in [-0.2, 0) is 13.1 Å². The molecule has 0 aliphatic heterocycles. The molecule has 0 saturated heterocycles. The Morgan fingerprint density at radius 3 is 2.39 bits per heavy atom. The Morgan fingerprint density at radius 2 is 1.83 bits per heavy atom. The fourth-order valence-electron chi connectivity index (χ4n) is 2.26. The molecule has 0 atom stereocenters. The van der Waals surface area contributed by atoms with Gasteiger partial charge in [-0.3, -0.25) is 0 Å². The van der Waals surface area contributed by atoms with Crippen molar-refractivity contribution in [2.24, 2.45) is 17.8 Å². The van der Waals surface area contributed by atoms with Gasteiger partial charge in [0, 0.05) is 6.54 Å². The van der Waals surface area contributed by atoms with Crippen LogP contribution in [0.25, 0.3) is 0 Å². The van der Waals surface area contributed by atoms with Crippen LogP contribution >= 0.6 is 0 Å². The van der Waals surface area contributed by atoms with E-state index in [1.54, 1.807) is 0 Å². The van der Waals surface area contributed by atoms with E-state index in [2.05, 4.69) is 55.5 Å². The summed E-state index contributed by atoms with van der Waals surface area (Å²) in [6, 6.07) is 0. The number of nitrogens with zero attached hydrogens (tertiary/aromatic N) is 4. The first kappa shape index (κ1) is 15.1. The number of tetrazole rings is 1. The summed E-state index contributed by atoms with van der Waals surface area (Å²) < 4.78 is 1.95. The SMILES string of the molecule is CCCNCc1nnnn1CC(C(C)C)C(C)C. The van der Waals surface area contributed by atoms with Crippen molar-refractivity contribution < 1.29 is 0 Å². The maximum atomic E-state index is 4.12. The lowest BCUT2D eigenvalue weighted by Gasteiger charge is -2.24. The average molecular weight is 253 g/mol. The van der Waals surface area contributed by atoms with Gasteiger partial charge in [-0.15, -0.1) is 5.10 Å². The molecule has 104 valence electrons. The Morgan fingerprint density at radius 1 is 1.17 bits per heavy atom. The van der Waals surface area contributed by atoms with Gasteiger partial charge in [0.1, 0.15) is 0 Å². The fourth-order valence-corrected chi connectivity index (χ4v) is 2.26. The van der Waals surface area contributed by atoms with Crippen molar-refractivity contribution in [2.75, 3.05) is 6.54 Å². The topological polar surface area (TPSA) is 55.6 Å². The summed E-state index contributed by atoms with van der Waals surface area (Å²) in [6.07, 6.45) is 1.13. The van der Waals surface area contributed by atoms with Crippen LogP contribution in [-0.4, -0.2) is 26.8 Å². The molecule has 0 radical (unpaired) electrons. The maximum Gasteiger partial charge on any atom is 0.165 e. The summed E-state index contributed by atoms with van der Waals surface area (Å²) >= 11 is 0. The van der Waals surface area contributed by atoms with Gasteiger partial charge in [0.05, 0.1) is 6.54 Å². The van der Waals surface area contributed by atoms with Gasteiger partial charge in [0.15, 0.2) is 5.82 Å². The molecule has 0 fully saturated rings. The summed E-state index contributed by atoms with van der Waals surface area (Å²) in [7, 11) is 0. The van der Waals surface area contributed by atoms with Crippen LogP contribution in [0.3, 0.4) is 0 Å². The highest BCUT2D eigenvalue weighted by Crippen LogP contribution is 2.22. The number of hydrogen-bond donors (Lipinski definition) is 1. The van der Waals surface area contributed by atoms with E-state index in [0.717, 1.165) is 31.9 Å². The van der Waals surface area contributed by atoms with Crippen molar-refractivity contribution in [2.45, 2.75) is 54.1 Å². The molecule has 0 aliphatic carbocycles. The van der Waals surface area contributed by atoms with E-state index >= 15 is 0 Å². The van der Waals surface area contributed by atoms with Crippen molar-refractivity contribution in [3.05, 3.63) is 5.82 Å². The molecule has 1 N–H and O–H groups in total. The van der Waals surface area contributed by atoms with Crippen LogP contribution in [0.15, 0.2) is 0 Å². The zero-order valence-corrected chi connectivity index (χ0v) is 12.3. The first-order valence-electron chi connectivity index (χ1n) is 7.02. The quantitative estimate of drug-likeness (QED) is 0.721. The van der Waals surface area contributed by atoms with Crippen LogP contribution in [0.5, 0.6) is 0 Å². The second kappa shape index (κ2) is 7.46. The standard InChI is InChI=1S/C13H27N5/c1-6-7-14-8-13-15-16-17-18(13)9-12(10(2)3)11(4)5/h10-12,14H,6-9H2,1-5H3. The molecule has 5 nitrogen and oxygen atoms in total. The fraction of sp³-hybridized carbons (Fsp3) is 0.923. The minimum atomic E-state index is 0.610. The molecular formula is C13H27N5. The van der Waals surface area contributed by atoms with E-state index in [4.69, 9.17) is 0 Å². The molecule has 0 aromatic carbocycles. The zero-order chi connectivity index (χ0) is 13.5. The molecule has 18 heavy (non-hydrogen) atoms. The molecule has 0 spiro atoms. The highest BCUT2D eigenvalue weighted by Gasteiger charge is 2.20. The molecule has 0 bridgehead atoms. The Labute approximate surface area is 110 Å². The molecule has 0 amide bonds. The summed E-state index contributed by atoms with van der Waals surface area (Å²) in [6.45, 7) is 13.9. The van der Waals surface area contributed by atoms with Crippen LogP contribution < -0.4 is 5.32 Å². The van der Waals surface area contributed by atoms with Crippen LogP contribution in [0, 0.1) is 17.8 Å². The summed E-state index contributed by atoms with van der Waals surface area (Å²) in [5, 5.41) is 15.4. The van der Waals surface area contributed by atoms with E-state index < -0.39 is 0 Å². The van der Waals surface area contributed by atoms with Crippen LogP contribution in [0.4, 0.5) is 0 Å². The van der Waals surface area contributed by atoms with Gasteiger partial charge in [-0.05, 0) is 41.1 Å². The predicted octanol–water partition coefficient (Wildman–Crippen LogP) is 2.10. The molecule has 1 rings (SSSR count). The summed E-state index contributed by atoms with van der Waals surface area (Å²) in [5.74, 6) is 2.84. The van der Waals surface area contributed by atoms with Crippen LogP contribution in [0.2, 0.25) is 0 Å². The molecule has 0 saturated carbocycles. The van der Waals surface area contributed by atoms with Crippen LogP contribution in [0.1, 0.15) is 46.9 Å². The first-order valence-corrected chi connectivity index (χ1v) is 7.02. The average Bonchev–Trinajstić information content (AvgIpc) is 2.73. The minimum absolute atomic E-state index is 0.610. The monoisotopic (exact) mass is 253 g/mol. The van der Waals surface area contributed by atoms with Gasteiger partial charge in [-0.1, -0.05) is 34.6 Å². The zero-order valence-electron chi connectivity index (χ0n) is 12.3. The van der Waals surface area contributed by atoms with Gasteiger partial charge in [0.2, 0.25) is 0 Å². The smallest absolute Gasteiger partial charge is 0.165 e. The Bertz CT molecular complexity index is 324. The van der Waals surface area contributed by atoms with Crippen molar-refractivity contribution in [1.82, 2.24) is 25.5 Å². The highest BCUT2D eigenvalue weighted by molar-refractivity contribution is 4.81. The molecular weight excluding hydrogens is 226 g/mol. The van der Waals surface area contributed by atoms with Gasteiger partial charge in [-0.2, -0.15) is 0 Å². The van der Waals surface area contributed by atoms with E-state index in [1.165, 1.54) is 0 Å². The molecule has 1 aromatic rings. The third-order valence-electron chi connectivity index (χ3n) is 3.41. The number of rotatable bonds is 8. The number of hydrogen-bond acceptors (Lipinski definition) is 4. The largest absolute Gasteiger partial charge is 0.310 e. The van der Waals surface area contributed by atoms with Gasteiger partial charge in [-0.25, -0.2) is 4.68 Å².